The van der Waals surface area contributed by atoms with Crippen LogP contribution < -0.4 is 5.32 Å². The van der Waals surface area contributed by atoms with E-state index in [1.54, 1.807) is 4.90 Å². The molecule has 0 unspecified atom stereocenters. The van der Waals surface area contributed by atoms with Crippen LogP contribution in [0.1, 0.15) is 44.9 Å². The number of rotatable bonds is 9. The summed E-state index contributed by atoms with van der Waals surface area (Å²) in [6, 6.07) is 12.0. The molecule has 0 spiro atoms. The molecule has 1 aromatic carbocycles. The van der Waals surface area contributed by atoms with Crippen LogP contribution in [0, 0.1) is 5.92 Å². The smallest absolute Gasteiger partial charge is 0.322 e. The van der Waals surface area contributed by atoms with Crippen LogP contribution in [0.2, 0.25) is 0 Å². The van der Waals surface area contributed by atoms with Gasteiger partial charge in [-0.15, -0.1) is 0 Å². The average Bonchev–Trinajstić information content (AvgIpc) is 3.47. The van der Waals surface area contributed by atoms with Crippen molar-refractivity contribution in [3.8, 4) is 0 Å². The largest absolute Gasteiger partial charge is 0.353 e. The fraction of sp³-hybridized carbons (Fsp3) is 0.500. The second kappa shape index (κ2) is 9.83. The lowest BCUT2D eigenvalue weighted by Gasteiger charge is -2.29. The Balaban J connectivity index is 1.69. The van der Waals surface area contributed by atoms with Crippen molar-refractivity contribution < 1.29 is 9.59 Å². The van der Waals surface area contributed by atoms with Gasteiger partial charge in [-0.2, -0.15) is 0 Å². The van der Waals surface area contributed by atoms with Gasteiger partial charge in [0.05, 0.1) is 6.54 Å². The predicted octanol–water partition coefficient (Wildman–Crippen LogP) is 4.27. The molecule has 0 bridgehead atoms. The number of aromatic nitrogens is 1. The minimum Gasteiger partial charge on any atom is -0.353 e. The first-order valence-electron chi connectivity index (χ1n) is 10.9. The summed E-state index contributed by atoms with van der Waals surface area (Å²) in [6.45, 7) is 7.43. The highest BCUT2D eigenvalue weighted by Gasteiger charge is 2.34. The van der Waals surface area contributed by atoms with E-state index in [4.69, 9.17) is 0 Å². The quantitative estimate of drug-likeness (QED) is 0.671. The predicted molar refractivity (Wildman–Crippen MR) is 120 cm³/mol. The van der Waals surface area contributed by atoms with Gasteiger partial charge >= 0.3 is 6.03 Å². The van der Waals surface area contributed by atoms with E-state index in [1.807, 2.05) is 59.1 Å². The topological polar surface area (TPSA) is 57.6 Å². The Morgan fingerprint density at radius 3 is 2.57 bits per heavy atom. The van der Waals surface area contributed by atoms with Crippen LogP contribution in [0.25, 0.3) is 0 Å². The fourth-order valence-corrected chi connectivity index (χ4v) is 3.63. The van der Waals surface area contributed by atoms with E-state index in [2.05, 4.69) is 26.1 Å². The molecule has 0 radical (unpaired) electrons. The summed E-state index contributed by atoms with van der Waals surface area (Å²) >= 11 is 0. The van der Waals surface area contributed by atoms with Gasteiger partial charge in [0, 0.05) is 37.2 Å². The number of aryl methyl sites for hydroxylation is 2. The summed E-state index contributed by atoms with van der Waals surface area (Å²) in [5.74, 6) is 0.282. The Morgan fingerprint density at radius 2 is 1.97 bits per heavy atom. The molecule has 2 aromatic rings. The van der Waals surface area contributed by atoms with Crippen molar-refractivity contribution in [1.29, 1.82) is 0 Å². The lowest BCUT2D eigenvalue weighted by molar-refractivity contribution is -0.133. The van der Waals surface area contributed by atoms with E-state index < -0.39 is 0 Å². The number of carbonyl (C=O) groups excluding carboxylic acids is 2. The van der Waals surface area contributed by atoms with E-state index in [0.29, 0.717) is 13.1 Å². The number of hydrogen-bond donors (Lipinski definition) is 1. The lowest BCUT2D eigenvalue weighted by atomic mass is 10.1. The van der Waals surface area contributed by atoms with Crippen molar-refractivity contribution >= 4 is 17.6 Å². The molecule has 1 N–H and O–H groups in total. The fourth-order valence-electron chi connectivity index (χ4n) is 3.63. The second-order valence-corrected chi connectivity index (χ2v) is 8.62. The molecule has 0 atom stereocenters. The van der Waals surface area contributed by atoms with Crippen LogP contribution in [0.15, 0.2) is 42.6 Å². The van der Waals surface area contributed by atoms with Crippen LogP contribution in [0.4, 0.5) is 10.5 Å². The van der Waals surface area contributed by atoms with E-state index in [9.17, 15) is 9.59 Å². The summed E-state index contributed by atoms with van der Waals surface area (Å²) in [5, 5.41) is 2.98. The Kier molecular flexibility index (Phi) is 7.19. The van der Waals surface area contributed by atoms with Gasteiger partial charge in [0.2, 0.25) is 5.91 Å². The first kappa shape index (κ1) is 21.9. The summed E-state index contributed by atoms with van der Waals surface area (Å²) in [5.41, 5.74) is 3.04. The maximum Gasteiger partial charge on any atom is 0.322 e. The third-order valence-electron chi connectivity index (χ3n) is 5.48. The van der Waals surface area contributed by atoms with Gasteiger partial charge in [0.15, 0.2) is 0 Å². The highest BCUT2D eigenvalue weighted by Crippen LogP contribution is 2.28. The Hall–Kier alpha value is -2.76. The van der Waals surface area contributed by atoms with Crippen LogP contribution in [-0.2, 0) is 24.8 Å². The monoisotopic (exact) mass is 410 g/mol. The molecule has 3 amide bonds. The first-order chi connectivity index (χ1) is 14.4. The van der Waals surface area contributed by atoms with Crippen molar-refractivity contribution in [2.45, 2.75) is 52.6 Å². The highest BCUT2D eigenvalue weighted by molar-refractivity contribution is 5.92. The number of amides is 3. The van der Waals surface area contributed by atoms with Gasteiger partial charge < -0.3 is 19.7 Å². The average molecular weight is 411 g/mol. The Labute approximate surface area is 179 Å². The lowest BCUT2D eigenvalue weighted by Crippen LogP contribution is -2.46. The van der Waals surface area contributed by atoms with Crippen molar-refractivity contribution in [2.24, 2.45) is 13.0 Å². The van der Waals surface area contributed by atoms with Gasteiger partial charge in [0.1, 0.15) is 6.54 Å². The molecule has 3 rings (SSSR count). The molecule has 1 aliphatic rings. The standard InChI is InChI=1S/C24H34N4O2/c1-5-19-8-6-9-20(14-19)25-24(30)27(15-18(2)3)17-23(29)28(21-11-12-21)16-22-10-7-13-26(22)4/h6-10,13-14,18,21H,5,11-12,15-17H2,1-4H3,(H,25,30). The molecule has 0 saturated heterocycles. The molecule has 1 aliphatic carbocycles. The number of urea groups is 1. The molecule has 1 fully saturated rings. The zero-order valence-corrected chi connectivity index (χ0v) is 18.6. The Morgan fingerprint density at radius 1 is 1.20 bits per heavy atom. The van der Waals surface area contributed by atoms with Crippen LogP contribution in [-0.4, -0.2) is 45.4 Å². The number of benzene rings is 1. The molecule has 1 heterocycles. The molecule has 1 aromatic heterocycles. The Bertz CT molecular complexity index is 870. The molecule has 6 nitrogen and oxygen atoms in total. The molecule has 1 saturated carbocycles. The molecular weight excluding hydrogens is 376 g/mol. The molecule has 30 heavy (non-hydrogen) atoms. The van der Waals surface area contributed by atoms with Crippen LogP contribution in [0.3, 0.4) is 0 Å². The summed E-state index contributed by atoms with van der Waals surface area (Å²) < 4.78 is 2.04. The van der Waals surface area contributed by atoms with Gasteiger partial charge in [0.25, 0.3) is 0 Å². The number of carbonyl (C=O) groups is 2. The van der Waals surface area contributed by atoms with Crippen molar-refractivity contribution in [2.75, 3.05) is 18.4 Å². The summed E-state index contributed by atoms with van der Waals surface area (Å²) in [6.07, 6.45) is 4.98. The van der Waals surface area contributed by atoms with Crippen LogP contribution in [0.5, 0.6) is 0 Å². The van der Waals surface area contributed by atoms with Crippen molar-refractivity contribution in [3.05, 3.63) is 53.9 Å². The highest BCUT2D eigenvalue weighted by atomic mass is 16.2. The second-order valence-electron chi connectivity index (χ2n) is 8.62. The number of nitrogens with one attached hydrogen (secondary N) is 1. The van der Waals surface area contributed by atoms with E-state index >= 15 is 0 Å². The molecule has 0 aliphatic heterocycles. The number of hydrogen-bond acceptors (Lipinski definition) is 2. The normalized spacial score (nSPS) is 13.4. The minimum atomic E-state index is -0.222. The van der Waals surface area contributed by atoms with Crippen LogP contribution >= 0.6 is 0 Å². The van der Waals surface area contributed by atoms with Gasteiger partial charge in [-0.3, -0.25) is 4.79 Å². The van der Waals surface area contributed by atoms with Gasteiger partial charge in [-0.1, -0.05) is 32.9 Å². The third-order valence-corrected chi connectivity index (χ3v) is 5.48. The zero-order chi connectivity index (χ0) is 21.7. The van der Waals surface area contributed by atoms with E-state index in [-0.39, 0.29) is 30.4 Å². The maximum absolute atomic E-state index is 13.2. The maximum atomic E-state index is 13.2. The SMILES string of the molecule is CCc1cccc(NC(=O)N(CC(=O)N(Cc2cccn2C)C2CC2)CC(C)C)c1. The van der Waals surface area contributed by atoms with E-state index in [1.165, 1.54) is 5.56 Å². The third kappa shape index (κ3) is 5.88. The zero-order valence-electron chi connectivity index (χ0n) is 18.6. The molecule has 6 heteroatoms. The molecular formula is C24H34N4O2. The van der Waals surface area contributed by atoms with E-state index in [0.717, 1.165) is 30.6 Å². The van der Waals surface area contributed by atoms with Crippen molar-refractivity contribution in [1.82, 2.24) is 14.4 Å². The molecule has 162 valence electrons. The van der Waals surface area contributed by atoms with Crippen molar-refractivity contribution in [3.63, 3.8) is 0 Å². The summed E-state index contributed by atoms with van der Waals surface area (Å²) in [7, 11) is 1.99. The number of anilines is 1. The first-order valence-corrected chi connectivity index (χ1v) is 10.9. The minimum absolute atomic E-state index is 0.0109. The summed E-state index contributed by atoms with van der Waals surface area (Å²) in [4.78, 5) is 29.8. The van der Waals surface area contributed by atoms with Gasteiger partial charge in [-0.25, -0.2) is 4.79 Å². The van der Waals surface area contributed by atoms with Gasteiger partial charge in [-0.05, 0) is 55.0 Å². The number of nitrogens with zero attached hydrogens (tertiary/aromatic N) is 3.